The molecule has 0 atom stereocenters. The van der Waals surface area contributed by atoms with E-state index in [0.29, 0.717) is 0 Å². The molecule has 1 N–H and O–H groups in total. The highest BCUT2D eigenvalue weighted by Gasteiger charge is 2.01. The summed E-state index contributed by atoms with van der Waals surface area (Å²) in [5.74, 6) is 0. The molecule has 0 saturated heterocycles. The number of benzene rings is 1. The van der Waals surface area contributed by atoms with E-state index in [1.54, 1.807) is 0 Å². The van der Waals surface area contributed by atoms with E-state index in [0.717, 1.165) is 16.9 Å². The van der Waals surface area contributed by atoms with Crippen molar-refractivity contribution >= 4 is 16.6 Å². The van der Waals surface area contributed by atoms with Crippen LogP contribution in [0.4, 0.5) is 5.69 Å². The van der Waals surface area contributed by atoms with Crippen molar-refractivity contribution in [2.75, 3.05) is 12.4 Å². The van der Waals surface area contributed by atoms with E-state index in [1.807, 2.05) is 14.0 Å². The number of pyridine rings is 1. The fourth-order valence-electron chi connectivity index (χ4n) is 1.68. The van der Waals surface area contributed by atoms with Crippen LogP contribution in [0.25, 0.3) is 10.9 Å². The van der Waals surface area contributed by atoms with Crippen LogP contribution in [-0.4, -0.2) is 12.0 Å². The van der Waals surface area contributed by atoms with Gasteiger partial charge >= 0.3 is 0 Å². The van der Waals surface area contributed by atoms with Gasteiger partial charge in [-0.2, -0.15) is 0 Å². The van der Waals surface area contributed by atoms with Crippen LogP contribution < -0.4 is 5.32 Å². The number of rotatable bonds is 1. The first kappa shape index (κ1) is 9.00. The second-order valence-corrected chi connectivity index (χ2v) is 3.58. The molecular weight excluding hydrogens is 172 g/mol. The Morgan fingerprint density at radius 3 is 2.64 bits per heavy atom. The maximum atomic E-state index is 4.51. The third-order valence-electron chi connectivity index (χ3n) is 2.36. The SMILES string of the molecule is CNc1cc(C)nc2cc(C)ccc12. The van der Waals surface area contributed by atoms with Crippen molar-refractivity contribution in [3.05, 3.63) is 35.5 Å². The Balaban J connectivity index is 2.81. The summed E-state index contributed by atoms with van der Waals surface area (Å²) in [4.78, 5) is 4.51. The van der Waals surface area contributed by atoms with Crippen LogP contribution in [-0.2, 0) is 0 Å². The van der Waals surface area contributed by atoms with Crippen molar-refractivity contribution in [1.82, 2.24) is 4.98 Å². The Labute approximate surface area is 84.0 Å². The second kappa shape index (κ2) is 3.29. The monoisotopic (exact) mass is 186 g/mol. The van der Waals surface area contributed by atoms with Crippen LogP contribution in [0.3, 0.4) is 0 Å². The van der Waals surface area contributed by atoms with E-state index in [4.69, 9.17) is 0 Å². The van der Waals surface area contributed by atoms with E-state index < -0.39 is 0 Å². The summed E-state index contributed by atoms with van der Waals surface area (Å²) in [7, 11) is 1.94. The number of hydrogen-bond acceptors (Lipinski definition) is 2. The summed E-state index contributed by atoms with van der Waals surface area (Å²) in [6.07, 6.45) is 0. The fourth-order valence-corrected chi connectivity index (χ4v) is 1.68. The molecule has 0 unspecified atom stereocenters. The lowest BCUT2D eigenvalue weighted by molar-refractivity contribution is 1.25. The number of anilines is 1. The lowest BCUT2D eigenvalue weighted by Gasteiger charge is -2.07. The molecule has 0 saturated carbocycles. The number of nitrogens with zero attached hydrogens (tertiary/aromatic N) is 1. The largest absolute Gasteiger partial charge is 0.388 e. The van der Waals surface area contributed by atoms with Crippen molar-refractivity contribution < 1.29 is 0 Å². The molecule has 0 aliphatic rings. The topological polar surface area (TPSA) is 24.9 Å². The minimum Gasteiger partial charge on any atom is -0.388 e. The Hall–Kier alpha value is -1.57. The summed E-state index contributed by atoms with van der Waals surface area (Å²) in [6.45, 7) is 4.10. The molecule has 1 aromatic heterocycles. The summed E-state index contributed by atoms with van der Waals surface area (Å²) < 4.78 is 0. The Morgan fingerprint density at radius 1 is 1.14 bits per heavy atom. The van der Waals surface area contributed by atoms with Crippen LogP contribution in [0.15, 0.2) is 24.3 Å². The molecule has 1 heterocycles. The van der Waals surface area contributed by atoms with Crippen molar-refractivity contribution in [2.24, 2.45) is 0 Å². The van der Waals surface area contributed by atoms with E-state index in [9.17, 15) is 0 Å². The van der Waals surface area contributed by atoms with Crippen molar-refractivity contribution in [3.8, 4) is 0 Å². The third-order valence-corrected chi connectivity index (χ3v) is 2.36. The van der Waals surface area contributed by atoms with Gasteiger partial charge in [-0.15, -0.1) is 0 Å². The minimum absolute atomic E-state index is 1.05. The molecule has 1 aromatic carbocycles. The second-order valence-electron chi connectivity index (χ2n) is 3.58. The van der Waals surface area contributed by atoms with E-state index in [-0.39, 0.29) is 0 Å². The Morgan fingerprint density at radius 2 is 1.93 bits per heavy atom. The molecule has 2 heteroatoms. The highest BCUT2D eigenvalue weighted by atomic mass is 14.8. The maximum Gasteiger partial charge on any atom is 0.0728 e. The van der Waals surface area contributed by atoms with Gasteiger partial charge in [0.25, 0.3) is 0 Å². The first-order chi connectivity index (χ1) is 6.70. The Kier molecular flexibility index (Phi) is 2.12. The first-order valence-electron chi connectivity index (χ1n) is 4.76. The van der Waals surface area contributed by atoms with Gasteiger partial charge < -0.3 is 5.32 Å². The molecule has 0 aliphatic heterocycles. The average molecular weight is 186 g/mol. The fraction of sp³-hybridized carbons (Fsp3) is 0.250. The van der Waals surface area contributed by atoms with Crippen molar-refractivity contribution in [2.45, 2.75) is 13.8 Å². The lowest BCUT2D eigenvalue weighted by Crippen LogP contribution is -1.93. The quantitative estimate of drug-likeness (QED) is 0.740. The number of fused-ring (bicyclic) bond motifs is 1. The van der Waals surface area contributed by atoms with Crippen LogP contribution >= 0.6 is 0 Å². The van der Waals surface area contributed by atoms with Gasteiger partial charge in [0.15, 0.2) is 0 Å². The van der Waals surface area contributed by atoms with Crippen LogP contribution in [0.5, 0.6) is 0 Å². The summed E-state index contributed by atoms with van der Waals surface area (Å²) >= 11 is 0. The Bertz CT molecular complexity index is 470. The predicted molar refractivity (Wildman–Crippen MR) is 60.8 cm³/mol. The zero-order valence-electron chi connectivity index (χ0n) is 8.76. The molecule has 72 valence electrons. The van der Waals surface area contributed by atoms with Crippen LogP contribution in [0.2, 0.25) is 0 Å². The molecule has 0 radical (unpaired) electrons. The van der Waals surface area contributed by atoms with Crippen LogP contribution in [0.1, 0.15) is 11.3 Å². The number of aromatic nitrogens is 1. The molecular formula is C12H14N2. The summed E-state index contributed by atoms with van der Waals surface area (Å²) in [5.41, 5.74) is 4.51. The smallest absolute Gasteiger partial charge is 0.0728 e. The lowest BCUT2D eigenvalue weighted by atomic mass is 10.1. The van der Waals surface area contributed by atoms with Gasteiger partial charge in [0.05, 0.1) is 5.52 Å². The van der Waals surface area contributed by atoms with Crippen LogP contribution in [0, 0.1) is 13.8 Å². The van der Waals surface area contributed by atoms with Gasteiger partial charge in [-0.3, -0.25) is 4.98 Å². The molecule has 0 spiro atoms. The normalized spacial score (nSPS) is 10.5. The summed E-state index contributed by atoms with van der Waals surface area (Å²) in [6, 6.07) is 8.41. The highest BCUT2D eigenvalue weighted by molar-refractivity contribution is 5.91. The predicted octanol–water partition coefficient (Wildman–Crippen LogP) is 2.89. The van der Waals surface area contributed by atoms with E-state index in [1.165, 1.54) is 10.9 Å². The molecule has 0 amide bonds. The highest BCUT2D eigenvalue weighted by Crippen LogP contribution is 2.23. The molecule has 0 bridgehead atoms. The van der Waals surface area contributed by atoms with Gasteiger partial charge in [0, 0.05) is 23.8 Å². The van der Waals surface area contributed by atoms with Gasteiger partial charge in [-0.05, 0) is 31.5 Å². The summed E-state index contributed by atoms with van der Waals surface area (Å²) in [5, 5.41) is 4.37. The van der Waals surface area contributed by atoms with Crippen molar-refractivity contribution in [1.29, 1.82) is 0 Å². The first-order valence-corrected chi connectivity index (χ1v) is 4.76. The zero-order chi connectivity index (χ0) is 10.1. The molecule has 2 nitrogen and oxygen atoms in total. The van der Waals surface area contributed by atoms with E-state index >= 15 is 0 Å². The number of nitrogens with one attached hydrogen (secondary N) is 1. The van der Waals surface area contributed by atoms with E-state index in [2.05, 4.69) is 41.5 Å². The molecule has 2 rings (SSSR count). The third kappa shape index (κ3) is 1.43. The van der Waals surface area contributed by atoms with Gasteiger partial charge in [-0.1, -0.05) is 12.1 Å². The average Bonchev–Trinajstić information content (AvgIpc) is 2.15. The molecule has 0 fully saturated rings. The van der Waals surface area contributed by atoms with Gasteiger partial charge in [0.1, 0.15) is 0 Å². The number of hydrogen-bond donors (Lipinski definition) is 1. The zero-order valence-corrected chi connectivity index (χ0v) is 8.76. The standard InChI is InChI=1S/C12H14N2/c1-8-4-5-10-11(13-3)7-9(2)14-12(10)6-8/h4-7H,1-3H3,(H,13,14). The van der Waals surface area contributed by atoms with Gasteiger partial charge in [-0.25, -0.2) is 0 Å². The number of aryl methyl sites for hydroxylation is 2. The molecule has 0 aliphatic carbocycles. The van der Waals surface area contributed by atoms with Crippen molar-refractivity contribution in [3.63, 3.8) is 0 Å². The molecule has 14 heavy (non-hydrogen) atoms. The minimum atomic E-state index is 1.05. The maximum absolute atomic E-state index is 4.51. The van der Waals surface area contributed by atoms with Gasteiger partial charge in [0.2, 0.25) is 0 Å². The molecule has 2 aromatic rings.